The van der Waals surface area contributed by atoms with Crippen LogP contribution in [0.25, 0.3) is 5.70 Å². The van der Waals surface area contributed by atoms with E-state index in [0.717, 1.165) is 28.6 Å². The molecule has 0 aliphatic rings. The molecule has 41 heavy (non-hydrogen) atoms. The van der Waals surface area contributed by atoms with Crippen molar-refractivity contribution in [3.8, 4) is 0 Å². The van der Waals surface area contributed by atoms with Crippen LogP contribution < -0.4 is 26.4 Å². The summed E-state index contributed by atoms with van der Waals surface area (Å²) in [6.45, 7) is 5.19. The summed E-state index contributed by atoms with van der Waals surface area (Å²) in [7, 11) is 9.22. The van der Waals surface area contributed by atoms with Crippen LogP contribution >= 0.6 is 0 Å². The molecule has 0 unspecified atom stereocenters. The summed E-state index contributed by atoms with van der Waals surface area (Å²) in [6, 6.07) is 8.99. The van der Waals surface area contributed by atoms with Gasteiger partial charge in [0, 0.05) is 69.5 Å². The number of benzene rings is 2. The third-order valence-electron chi connectivity index (χ3n) is 6.75. The summed E-state index contributed by atoms with van der Waals surface area (Å²) in [5.41, 5.74) is 7.09. The molecule has 0 bridgehead atoms. The number of hydrogen-bond donors (Lipinski definition) is 4. The van der Waals surface area contributed by atoms with Crippen LogP contribution in [0.2, 0.25) is 0 Å². The van der Waals surface area contributed by atoms with Crippen LogP contribution in [0.15, 0.2) is 48.8 Å². The fourth-order valence-electron chi connectivity index (χ4n) is 4.23. The number of likely N-dealkylation sites (N-methyl/N-ethyl adjacent to an activating group) is 1. The van der Waals surface area contributed by atoms with Gasteiger partial charge in [-0.2, -0.15) is 18.3 Å². The van der Waals surface area contributed by atoms with Crippen LogP contribution in [0.1, 0.15) is 38.3 Å². The fraction of sp³-hybridized carbons (Fsp3) is 0.379. The number of rotatable bonds is 12. The fourth-order valence-corrected chi connectivity index (χ4v) is 4.23. The van der Waals surface area contributed by atoms with Gasteiger partial charge in [-0.05, 0) is 63.3 Å². The quantitative estimate of drug-likeness (QED) is 0.192. The molecule has 222 valence electrons. The van der Waals surface area contributed by atoms with E-state index >= 15 is 0 Å². The minimum atomic E-state index is -4.56. The van der Waals surface area contributed by atoms with Crippen molar-refractivity contribution in [2.75, 3.05) is 51.6 Å². The third kappa shape index (κ3) is 8.09. The molecule has 12 heteroatoms. The Balaban J connectivity index is 1.85. The van der Waals surface area contributed by atoms with E-state index in [-0.39, 0.29) is 17.8 Å². The summed E-state index contributed by atoms with van der Waals surface area (Å²) in [6.07, 6.45) is -0.939. The molecule has 0 saturated heterocycles. The highest BCUT2D eigenvalue weighted by Gasteiger charge is 2.33. The number of hydrogen-bond acceptors (Lipinski definition) is 7. The van der Waals surface area contributed by atoms with Crippen LogP contribution in [-0.4, -0.2) is 61.9 Å². The van der Waals surface area contributed by atoms with Gasteiger partial charge in [0.05, 0.1) is 23.1 Å². The highest BCUT2D eigenvalue weighted by Crippen LogP contribution is 2.34. The van der Waals surface area contributed by atoms with Crippen molar-refractivity contribution in [1.82, 2.24) is 30.7 Å². The van der Waals surface area contributed by atoms with E-state index in [4.69, 9.17) is 0 Å². The third-order valence-corrected chi connectivity index (χ3v) is 6.75. The molecule has 2 aromatic carbocycles. The van der Waals surface area contributed by atoms with E-state index in [1.807, 2.05) is 53.1 Å². The summed E-state index contributed by atoms with van der Waals surface area (Å²) >= 11 is 0. The van der Waals surface area contributed by atoms with Crippen LogP contribution in [-0.2, 0) is 19.8 Å². The van der Waals surface area contributed by atoms with Crippen LogP contribution in [0.4, 0.5) is 24.5 Å². The van der Waals surface area contributed by atoms with Crippen molar-refractivity contribution in [1.29, 1.82) is 0 Å². The van der Waals surface area contributed by atoms with Gasteiger partial charge in [-0.15, -0.1) is 0 Å². The van der Waals surface area contributed by atoms with Crippen molar-refractivity contribution in [3.63, 3.8) is 0 Å². The standard InChI is InChI=1S/C29H39F3N8O/c1-19-8-9-21(14-27(19)40(34-4)18-26(33-3)24-17-36-39(7)20(24)2)28(41)37-23-11-10-22(16-35-12-13-38(5)6)25(15-23)29(30,31)32/h8-11,14-15,17-18,33-35H,12-13,16H2,1-7H3,(H,37,41)/b26-18-. The normalized spacial score (nSPS) is 12.1. The Morgan fingerprint density at radius 3 is 2.41 bits per heavy atom. The molecular formula is C29H39F3N8O. The van der Waals surface area contributed by atoms with Gasteiger partial charge in [-0.3, -0.25) is 14.5 Å². The topological polar surface area (TPSA) is 89.5 Å². The lowest BCUT2D eigenvalue weighted by Crippen LogP contribution is -2.32. The second kappa shape index (κ2) is 13.7. The summed E-state index contributed by atoms with van der Waals surface area (Å²) in [5, 5.41) is 14.9. The zero-order chi connectivity index (χ0) is 30.3. The maximum Gasteiger partial charge on any atom is 0.416 e. The molecular weight excluding hydrogens is 533 g/mol. The van der Waals surface area contributed by atoms with E-state index in [1.165, 1.54) is 12.1 Å². The Kier molecular flexibility index (Phi) is 10.5. The monoisotopic (exact) mass is 572 g/mol. The average molecular weight is 573 g/mol. The smallest absolute Gasteiger partial charge is 0.386 e. The van der Waals surface area contributed by atoms with Crippen molar-refractivity contribution in [2.45, 2.75) is 26.6 Å². The van der Waals surface area contributed by atoms with E-state index in [9.17, 15) is 18.0 Å². The summed E-state index contributed by atoms with van der Waals surface area (Å²) in [5.74, 6) is -0.520. The molecule has 0 atom stereocenters. The first-order chi connectivity index (χ1) is 19.3. The Bertz CT molecular complexity index is 1380. The number of carbonyl (C=O) groups is 1. The highest BCUT2D eigenvalue weighted by molar-refractivity contribution is 6.05. The average Bonchev–Trinajstić information content (AvgIpc) is 3.25. The van der Waals surface area contributed by atoms with Crippen molar-refractivity contribution >= 4 is 23.0 Å². The molecule has 0 fully saturated rings. The summed E-state index contributed by atoms with van der Waals surface area (Å²) < 4.78 is 43.3. The van der Waals surface area contributed by atoms with Gasteiger partial charge in [0.2, 0.25) is 0 Å². The Morgan fingerprint density at radius 2 is 1.83 bits per heavy atom. The molecule has 0 spiro atoms. The molecule has 4 N–H and O–H groups in total. The molecule has 0 saturated carbocycles. The predicted molar refractivity (Wildman–Crippen MR) is 157 cm³/mol. The molecule has 9 nitrogen and oxygen atoms in total. The van der Waals surface area contributed by atoms with Crippen LogP contribution in [0.5, 0.6) is 0 Å². The van der Waals surface area contributed by atoms with Crippen molar-refractivity contribution in [2.24, 2.45) is 7.05 Å². The second-order valence-corrected chi connectivity index (χ2v) is 9.96. The molecule has 1 heterocycles. The van der Waals surface area contributed by atoms with Gasteiger partial charge in [0.1, 0.15) is 0 Å². The molecule has 0 radical (unpaired) electrons. The SMILES string of the molecule is CN/C(=C\N(NC)c1cc(C(=O)Nc2ccc(CNCCN(C)C)c(C(F)(F)F)c2)ccc1C)c1cnn(C)c1C. The van der Waals surface area contributed by atoms with Crippen LogP contribution in [0, 0.1) is 13.8 Å². The largest absolute Gasteiger partial charge is 0.416 e. The lowest BCUT2D eigenvalue weighted by atomic mass is 10.0. The Labute approximate surface area is 239 Å². The molecule has 3 rings (SSSR count). The number of carbonyl (C=O) groups excluding carboxylic acids is 1. The number of aryl methyl sites for hydroxylation is 2. The second-order valence-electron chi connectivity index (χ2n) is 9.96. The first-order valence-corrected chi connectivity index (χ1v) is 13.2. The first-order valence-electron chi connectivity index (χ1n) is 13.2. The van der Waals surface area contributed by atoms with Gasteiger partial charge >= 0.3 is 6.18 Å². The minimum absolute atomic E-state index is 0.0661. The molecule has 0 aliphatic carbocycles. The maximum absolute atomic E-state index is 13.9. The van der Waals surface area contributed by atoms with Gasteiger partial charge in [-0.25, -0.2) is 5.43 Å². The lowest BCUT2D eigenvalue weighted by molar-refractivity contribution is -0.138. The number of aromatic nitrogens is 2. The van der Waals surface area contributed by atoms with E-state index < -0.39 is 17.6 Å². The predicted octanol–water partition coefficient (Wildman–Crippen LogP) is 4.12. The van der Waals surface area contributed by atoms with Crippen molar-refractivity contribution < 1.29 is 18.0 Å². The van der Waals surface area contributed by atoms with Crippen LogP contribution in [0.3, 0.4) is 0 Å². The van der Waals surface area contributed by atoms with Crippen molar-refractivity contribution in [3.05, 3.63) is 82.3 Å². The number of amides is 1. The van der Waals surface area contributed by atoms with E-state index in [2.05, 4.69) is 26.5 Å². The number of anilines is 2. The number of nitrogens with one attached hydrogen (secondary N) is 4. The minimum Gasteiger partial charge on any atom is -0.386 e. The molecule has 0 aliphatic heterocycles. The maximum atomic E-state index is 13.9. The highest BCUT2D eigenvalue weighted by atomic mass is 19.4. The molecule has 3 aromatic rings. The van der Waals surface area contributed by atoms with E-state index in [0.29, 0.717) is 24.3 Å². The lowest BCUT2D eigenvalue weighted by Gasteiger charge is -2.23. The van der Waals surface area contributed by atoms with E-state index in [1.54, 1.807) is 41.1 Å². The summed E-state index contributed by atoms with van der Waals surface area (Å²) in [4.78, 5) is 15.1. The molecule has 1 aromatic heterocycles. The number of halogens is 3. The molecule has 1 amide bonds. The van der Waals surface area contributed by atoms with Gasteiger partial charge in [0.15, 0.2) is 0 Å². The first kappa shape index (κ1) is 31.7. The number of nitrogens with zero attached hydrogens (tertiary/aromatic N) is 4. The zero-order valence-corrected chi connectivity index (χ0v) is 24.6. The number of hydrazine groups is 1. The van der Waals surface area contributed by atoms with Gasteiger partial charge < -0.3 is 20.9 Å². The number of alkyl halides is 3. The van der Waals surface area contributed by atoms with Gasteiger partial charge in [-0.1, -0.05) is 12.1 Å². The zero-order valence-electron chi connectivity index (χ0n) is 24.6. The Hall–Kier alpha value is -3.87. The Morgan fingerprint density at radius 1 is 1.10 bits per heavy atom. The van der Waals surface area contributed by atoms with Gasteiger partial charge in [0.25, 0.3) is 5.91 Å².